The predicted molar refractivity (Wildman–Crippen MR) is 89.5 cm³/mol. The minimum atomic E-state index is -0.529. The zero-order valence-corrected chi connectivity index (χ0v) is 14.8. The van der Waals surface area contributed by atoms with Crippen molar-refractivity contribution in [2.24, 2.45) is 4.99 Å². The highest BCUT2D eigenvalue weighted by molar-refractivity contribution is 6.31. The van der Waals surface area contributed by atoms with Crippen LogP contribution in [0.2, 0.25) is 0 Å². The number of halogens is 2. The summed E-state index contributed by atoms with van der Waals surface area (Å²) >= 11 is 5.82. The highest BCUT2D eigenvalue weighted by atomic mass is 35.5. The van der Waals surface area contributed by atoms with Crippen LogP contribution >= 0.6 is 11.6 Å². The average Bonchev–Trinajstić information content (AvgIpc) is 2.57. The third kappa shape index (κ3) is 4.81. The number of hydrogen-bond donors (Lipinski definition) is 1. The van der Waals surface area contributed by atoms with Gasteiger partial charge in [-0.05, 0) is 6.92 Å². The lowest BCUT2D eigenvalue weighted by atomic mass is 10.1. The van der Waals surface area contributed by atoms with Crippen LogP contribution in [0.15, 0.2) is 16.0 Å². The van der Waals surface area contributed by atoms with E-state index in [4.69, 9.17) is 21.1 Å². The Kier molecular flexibility index (Phi) is 7.26. The summed E-state index contributed by atoms with van der Waals surface area (Å²) in [5.74, 6) is -0.455. The van der Waals surface area contributed by atoms with Crippen LogP contribution in [0.3, 0.4) is 0 Å². The van der Waals surface area contributed by atoms with Crippen LogP contribution in [0.4, 0.5) is 4.39 Å². The standard InChI is InChI=1S/C15H24ClFN4O3/c1-3-24-12(22)4-5-20-6-7-21(8-11(20)9-23-2)15-13(17)14(16)18-10-19-15/h11,18H,3-10H2,1-2H3/t11-/m0/s1. The van der Waals surface area contributed by atoms with Gasteiger partial charge in [0, 0.05) is 33.3 Å². The summed E-state index contributed by atoms with van der Waals surface area (Å²) in [4.78, 5) is 19.8. The SMILES string of the molecule is CCOC(=O)CCN1CCN(C2=NCNC(Cl)=C2F)C[C@H]1COC. The van der Waals surface area contributed by atoms with Crippen LogP contribution in [0, 0.1) is 0 Å². The van der Waals surface area contributed by atoms with E-state index >= 15 is 0 Å². The van der Waals surface area contributed by atoms with Crippen LogP contribution in [-0.2, 0) is 14.3 Å². The summed E-state index contributed by atoms with van der Waals surface area (Å²) < 4.78 is 24.4. The molecule has 1 fully saturated rings. The lowest BCUT2D eigenvalue weighted by Gasteiger charge is -2.42. The smallest absolute Gasteiger partial charge is 0.307 e. The molecule has 0 bridgehead atoms. The molecule has 0 spiro atoms. The second kappa shape index (κ2) is 9.19. The molecule has 0 aromatic heterocycles. The summed E-state index contributed by atoms with van der Waals surface area (Å²) in [6, 6.07) is 0.0438. The molecule has 0 radical (unpaired) electrons. The zero-order chi connectivity index (χ0) is 17.5. The first kappa shape index (κ1) is 19.0. The van der Waals surface area contributed by atoms with E-state index in [0.717, 1.165) is 0 Å². The van der Waals surface area contributed by atoms with Gasteiger partial charge in [-0.2, -0.15) is 4.39 Å². The summed E-state index contributed by atoms with van der Waals surface area (Å²) in [5, 5.41) is 2.65. The first-order valence-electron chi connectivity index (χ1n) is 8.04. The molecule has 1 N–H and O–H groups in total. The topological polar surface area (TPSA) is 66.4 Å². The van der Waals surface area contributed by atoms with Crippen molar-refractivity contribution in [2.75, 3.05) is 53.2 Å². The number of rotatable bonds is 6. The molecule has 9 heteroatoms. The van der Waals surface area contributed by atoms with Gasteiger partial charge in [0.15, 0.2) is 11.7 Å². The van der Waals surface area contributed by atoms with Gasteiger partial charge in [-0.15, -0.1) is 0 Å². The van der Waals surface area contributed by atoms with Crippen molar-refractivity contribution in [3.63, 3.8) is 0 Å². The van der Waals surface area contributed by atoms with Gasteiger partial charge >= 0.3 is 5.97 Å². The van der Waals surface area contributed by atoms with E-state index in [1.54, 1.807) is 14.0 Å². The maximum Gasteiger partial charge on any atom is 0.307 e. The molecule has 0 unspecified atom stereocenters. The van der Waals surface area contributed by atoms with Gasteiger partial charge in [-0.1, -0.05) is 11.6 Å². The van der Waals surface area contributed by atoms with Crippen LogP contribution in [0.5, 0.6) is 0 Å². The van der Waals surface area contributed by atoms with E-state index in [9.17, 15) is 9.18 Å². The lowest BCUT2D eigenvalue weighted by molar-refractivity contribution is -0.143. The van der Waals surface area contributed by atoms with Gasteiger partial charge < -0.3 is 19.7 Å². The summed E-state index contributed by atoms with van der Waals surface area (Å²) in [5.41, 5.74) is 0. The zero-order valence-electron chi connectivity index (χ0n) is 14.1. The first-order valence-corrected chi connectivity index (χ1v) is 8.42. The highest BCUT2D eigenvalue weighted by Crippen LogP contribution is 2.20. The molecule has 0 aliphatic carbocycles. The average molecular weight is 363 g/mol. The van der Waals surface area contributed by atoms with Gasteiger partial charge in [0.05, 0.1) is 25.7 Å². The Hall–Kier alpha value is -1.38. The van der Waals surface area contributed by atoms with Crippen molar-refractivity contribution in [1.82, 2.24) is 15.1 Å². The second-order valence-electron chi connectivity index (χ2n) is 5.59. The number of ether oxygens (including phenoxy) is 2. The van der Waals surface area contributed by atoms with Crippen LogP contribution in [0.25, 0.3) is 0 Å². The Morgan fingerprint density at radius 3 is 3.00 bits per heavy atom. The molecule has 1 atom stereocenters. The second-order valence-corrected chi connectivity index (χ2v) is 5.97. The molecule has 0 saturated carbocycles. The largest absolute Gasteiger partial charge is 0.466 e. The van der Waals surface area contributed by atoms with Crippen LogP contribution in [0.1, 0.15) is 13.3 Å². The predicted octanol–water partition coefficient (Wildman–Crippen LogP) is 0.909. The van der Waals surface area contributed by atoms with Crippen LogP contribution < -0.4 is 5.32 Å². The van der Waals surface area contributed by atoms with E-state index in [1.165, 1.54) is 0 Å². The fourth-order valence-corrected chi connectivity index (χ4v) is 3.01. The summed E-state index contributed by atoms with van der Waals surface area (Å²) in [6.45, 7) is 5.38. The molecule has 7 nitrogen and oxygen atoms in total. The third-order valence-corrected chi connectivity index (χ3v) is 4.32. The normalized spacial score (nSPS) is 22.2. The van der Waals surface area contributed by atoms with Crippen molar-refractivity contribution in [1.29, 1.82) is 0 Å². The number of amidine groups is 1. The molecule has 2 aliphatic rings. The number of esters is 1. The van der Waals surface area contributed by atoms with E-state index < -0.39 is 5.83 Å². The number of nitrogens with zero attached hydrogens (tertiary/aromatic N) is 3. The number of carbonyl (C=O) groups excluding carboxylic acids is 1. The number of nitrogens with one attached hydrogen (secondary N) is 1. The van der Waals surface area contributed by atoms with Gasteiger partial charge in [-0.3, -0.25) is 9.69 Å². The Bertz CT molecular complexity index is 515. The first-order chi connectivity index (χ1) is 11.6. The third-order valence-electron chi connectivity index (χ3n) is 4.02. The number of piperazine rings is 1. The quantitative estimate of drug-likeness (QED) is 0.559. The van der Waals surface area contributed by atoms with E-state index in [0.29, 0.717) is 45.8 Å². The van der Waals surface area contributed by atoms with Crippen molar-refractivity contribution in [2.45, 2.75) is 19.4 Å². The van der Waals surface area contributed by atoms with Crippen molar-refractivity contribution in [3.05, 3.63) is 11.0 Å². The monoisotopic (exact) mass is 362 g/mol. The number of hydrogen-bond acceptors (Lipinski definition) is 7. The van der Waals surface area contributed by atoms with E-state index in [1.807, 2.05) is 4.90 Å². The Morgan fingerprint density at radius 2 is 2.29 bits per heavy atom. The fourth-order valence-electron chi connectivity index (χ4n) is 2.87. The number of aliphatic imine (C=N–C) groups is 1. The maximum atomic E-state index is 14.2. The van der Waals surface area contributed by atoms with E-state index in [2.05, 4.69) is 15.2 Å². The molecule has 2 heterocycles. The number of carbonyl (C=O) groups is 1. The fraction of sp³-hybridized carbons (Fsp3) is 0.733. The molecular formula is C15H24ClFN4O3. The Balaban J connectivity index is 1.97. The maximum absolute atomic E-state index is 14.2. The van der Waals surface area contributed by atoms with Crippen molar-refractivity contribution < 1.29 is 18.7 Å². The summed E-state index contributed by atoms with van der Waals surface area (Å²) in [6.07, 6.45) is 0.332. The molecule has 0 aromatic carbocycles. The minimum absolute atomic E-state index is 0.00645. The molecule has 24 heavy (non-hydrogen) atoms. The molecule has 2 rings (SSSR count). The lowest BCUT2D eigenvalue weighted by Crippen LogP contribution is -2.57. The van der Waals surface area contributed by atoms with Gasteiger partial charge in [0.25, 0.3) is 0 Å². The Labute approximate surface area is 146 Å². The minimum Gasteiger partial charge on any atom is -0.466 e. The van der Waals surface area contributed by atoms with Gasteiger partial charge in [0.2, 0.25) is 0 Å². The Morgan fingerprint density at radius 1 is 1.50 bits per heavy atom. The molecule has 1 saturated heterocycles. The van der Waals surface area contributed by atoms with Crippen LogP contribution in [-0.4, -0.2) is 80.8 Å². The van der Waals surface area contributed by atoms with Crippen molar-refractivity contribution >= 4 is 23.4 Å². The van der Waals surface area contributed by atoms with Gasteiger partial charge in [0.1, 0.15) is 11.8 Å². The van der Waals surface area contributed by atoms with Crippen molar-refractivity contribution in [3.8, 4) is 0 Å². The molecule has 2 aliphatic heterocycles. The summed E-state index contributed by atoms with van der Waals surface area (Å²) in [7, 11) is 1.63. The number of methoxy groups -OCH3 is 1. The van der Waals surface area contributed by atoms with Gasteiger partial charge in [-0.25, -0.2) is 4.99 Å². The van der Waals surface area contributed by atoms with E-state index in [-0.39, 0.29) is 29.7 Å². The highest BCUT2D eigenvalue weighted by Gasteiger charge is 2.31. The molecule has 136 valence electrons. The molecular weight excluding hydrogens is 339 g/mol. The molecule has 0 amide bonds. The molecule has 0 aromatic rings.